The SMILES string of the molecule is NCn1c(=O)c2[nH]c(Cl)nc2n(N)c1=O. The van der Waals surface area contributed by atoms with Gasteiger partial charge in [0, 0.05) is 0 Å². The maximum Gasteiger partial charge on any atom is 0.352 e. The first kappa shape index (κ1) is 9.74. The molecule has 2 heterocycles. The quantitative estimate of drug-likeness (QED) is 0.393. The second-order valence-electron chi connectivity index (χ2n) is 2.79. The third-order valence-corrected chi connectivity index (χ3v) is 2.14. The highest BCUT2D eigenvalue weighted by atomic mass is 35.5. The van der Waals surface area contributed by atoms with Crippen LogP contribution in [0.1, 0.15) is 0 Å². The summed E-state index contributed by atoms with van der Waals surface area (Å²) in [7, 11) is 0. The third kappa shape index (κ3) is 1.22. The van der Waals surface area contributed by atoms with Crippen molar-refractivity contribution in [3.8, 4) is 0 Å². The molecule has 2 aromatic heterocycles. The molecule has 0 atom stereocenters. The molecule has 0 aromatic carbocycles. The van der Waals surface area contributed by atoms with E-state index in [0.717, 1.165) is 4.57 Å². The van der Waals surface area contributed by atoms with Crippen molar-refractivity contribution >= 4 is 22.8 Å². The minimum atomic E-state index is -0.738. The molecule has 0 aliphatic heterocycles. The largest absolute Gasteiger partial charge is 0.352 e. The molecule has 0 bridgehead atoms. The van der Waals surface area contributed by atoms with E-state index in [0.29, 0.717) is 4.68 Å². The zero-order chi connectivity index (χ0) is 11.2. The van der Waals surface area contributed by atoms with E-state index in [1.165, 1.54) is 0 Å². The highest BCUT2D eigenvalue weighted by Gasteiger charge is 2.13. The van der Waals surface area contributed by atoms with Crippen LogP contribution in [0.4, 0.5) is 0 Å². The number of aromatic amines is 1. The van der Waals surface area contributed by atoms with Gasteiger partial charge in [0.25, 0.3) is 5.56 Å². The molecule has 0 unspecified atom stereocenters. The zero-order valence-corrected chi connectivity index (χ0v) is 8.15. The maximum atomic E-state index is 11.6. The number of nitrogen functional groups attached to an aromatic ring is 1. The van der Waals surface area contributed by atoms with Crippen molar-refractivity contribution in [2.45, 2.75) is 6.67 Å². The lowest BCUT2D eigenvalue weighted by molar-refractivity contribution is 0.632. The van der Waals surface area contributed by atoms with Gasteiger partial charge in [0.15, 0.2) is 11.2 Å². The van der Waals surface area contributed by atoms with Crippen LogP contribution in [0.2, 0.25) is 5.28 Å². The summed E-state index contributed by atoms with van der Waals surface area (Å²) in [5, 5.41) is -0.0181. The van der Waals surface area contributed by atoms with Gasteiger partial charge >= 0.3 is 5.69 Å². The van der Waals surface area contributed by atoms with Crippen molar-refractivity contribution in [2.75, 3.05) is 5.84 Å². The number of H-pyrrole nitrogens is 1. The lowest BCUT2D eigenvalue weighted by Gasteiger charge is -2.03. The minimum absolute atomic E-state index is 0.000278. The van der Waals surface area contributed by atoms with Crippen LogP contribution in [-0.2, 0) is 6.67 Å². The maximum absolute atomic E-state index is 11.6. The molecule has 0 amide bonds. The number of rotatable bonds is 1. The highest BCUT2D eigenvalue weighted by Crippen LogP contribution is 2.07. The Hall–Kier alpha value is -1.80. The second kappa shape index (κ2) is 3.11. The number of nitrogens with zero attached hydrogens (tertiary/aromatic N) is 3. The number of hydrogen-bond donors (Lipinski definition) is 3. The number of hydrogen-bond acceptors (Lipinski definition) is 5. The van der Waals surface area contributed by atoms with E-state index in [2.05, 4.69) is 9.97 Å². The summed E-state index contributed by atoms with van der Waals surface area (Å²) < 4.78 is 1.49. The van der Waals surface area contributed by atoms with E-state index in [4.69, 9.17) is 23.2 Å². The number of fused-ring (bicyclic) bond motifs is 1. The lowest BCUT2D eigenvalue weighted by atomic mass is 10.5. The van der Waals surface area contributed by atoms with E-state index in [1.807, 2.05) is 0 Å². The molecule has 80 valence electrons. The molecule has 0 saturated carbocycles. The summed E-state index contributed by atoms with van der Waals surface area (Å²) in [6.45, 7) is -0.262. The van der Waals surface area contributed by atoms with Gasteiger partial charge in [0.1, 0.15) is 0 Å². The number of halogens is 1. The molecule has 5 N–H and O–H groups in total. The van der Waals surface area contributed by atoms with Gasteiger partial charge in [-0.05, 0) is 11.6 Å². The van der Waals surface area contributed by atoms with Gasteiger partial charge in [-0.3, -0.25) is 4.79 Å². The van der Waals surface area contributed by atoms with Crippen LogP contribution >= 0.6 is 11.6 Å². The van der Waals surface area contributed by atoms with Crippen LogP contribution < -0.4 is 22.8 Å². The predicted molar refractivity (Wildman–Crippen MR) is 54.0 cm³/mol. The Morgan fingerprint density at radius 2 is 2.13 bits per heavy atom. The first-order valence-electron chi connectivity index (χ1n) is 3.92. The fourth-order valence-corrected chi connectivity index (χ4v) is 1.44. The van der Waals surface area contributed by atoms with E-state index in [-0.39, 0.29) is 23.1 Å². The van der Waals surface area contributed by atoms with Gasteiger partial charge in [-0.25, -0.2) is 9.36 Å². The molecule has 8 nitrogen and oxygen atoms in total. The Labute approximate surface area is 87.0 Å². The second-order valence-corrected chi connectivity index (χ2v) is 3.15. The Bertz CT molecular complexity index is 637. The number of aromatic nitrogens is 4. The van der Waals surface area contributed by atoms with Gasteiger partial charge in [0.05, 0.1) is 6.67 Å². The Morgan fingerprint density at radius 3 is 2.73 bits per heavy atom. The van der Waals surface area contributed by atoms with Crippen LogP contribution in [-0.4, -0.2) is 19.2 Å². The molecule has 9 heteroatoms. The monoisotopic (exact) mass is 230 g/mol. The van der Waals surface area contributed by atoms with Crippen molar-refractivity contribution in [1.29, 1.82) is 0 Å². The smallest absolute Gasteiger partial charge is 0.333 e. The third-order valence-electron chi connectivity index (χ3n) is 1.96. The fraction of sp³-hybridized carbons (Fsp3) is 0.167. The zero-order valence-electron chi connectivity index (χ0n) is 7.40. The lowest BCUT2D eigenvalue weighted by Crippen LogP contribution is -2.44. The van der Waals surface area contributed by atoms with Crippen LogP contribution in [0.3, 0.4) is 0 Å². The molecule has 15 heavy (non-hydrogen) atoms. The van der Waals surface area contributed by atoms with Crippen LogP contribution in [0.25, 0.3) is 11.2 Å². The topological polar surface area (TPSA) is 125 Å². The average Bonchev–Trinajstić information content (AvgIpc) is 2.58. The molecule has 0 fully saturated rings. The molecule has 0 aliphatic carbocycles. The molecular weight excluding hydrogens is 224 g/mol. The van der Waals surface area contributed by atoms with Crippen LogP contribution in [0.15, 0.2) is 9.59 Å². The van der Waals surface area contributed by atoms with Gasteiger partial charge < -0.3 is 16.6 Å². The van der Waals surface area contributed by atoms with E-state index in [9.17, 15) is 9.59 Å². The molecule has 2 aromatic rings. The van der Waals surface area contributed by atoms with Crippen molar-refractivity contribution in [3.05, 3.63) is 26.1 Å². The molecule has 0 radical (unpaired) electrons. The summed E-state index contributed by atoms with van der Waals surface area (Å²) in [6, 6.07) is 0. The standard InChI is InChI=1S/C6H7ClN6O2/c7-5-10-2-3(11-5)13(9)6(15)12(1-8)4(2)14/h1,8-9H2,(H,10,11). The van der Waals surface area contributed by atoms with E-state index < -0.39 is 11.2 Å². The summed E-state index contributed by atoms with van der Waals surface area (Å²) in [5.41, 5.74) is 3.96. The first-order chi connectivity index (χ1) is 7.06. The highest BCUT2D eigenvalue weighted by molar-refractivity contribution is 6.28. The van der Waals surface area contributed by atoms with E-state index >= 15 is 0 Å². The Balaban J connectivity index is 3.09. The summed E-state index contributed by atoms with van der Waals surface area (Å²) in [4.78, 5) is 29.3. The van der Waals surface area contributed by atoms with Gasteiger partial charge in [-0.2, -0.15) is 9.66 Å². The van der Waals surface area contributed by atoms with Gasteiger partial charge in [0.2, 0.25) is 5.28 Å². The van der Waals surface area contributed by atoms with Crippen molar-refractivity contribution < 1.29 is 0 Å². The fourth-order valence-electron chi connectivity index (χ4n) is 1.26. The Kier molecular flexibility index (Phi) is 2.02. The molecule has 0 saturated heterocycles. The molecular formula is C6H7ClN6O2. The minimum Gasteiger partial charge on any atom is -0.333 e. The molecule has 2 rings (SSSR count). The summed E-state index contributed by atoms with van der Waals surface area (Å²) >= 11 is 5.56. The Morgan fingerprint density at radius 1 is 1.47 bits per heavy atom. The normalized spacial score (nSPS) is 11.1. The van der Waals surface area contributed by atoms with Crippen LogP contribution in [0.5, 0.6) is 0 Å². The van der Waals surface area contributed by atoms with Crippen molar-refractivity contribution in [1.82, 2.24) is 19.2 Å². The molecule has 0 spiro atoms. The van der Waals surface area contributed by atoms with Crippen molar-refractivity contribution in [2.24, 2.45) is 5.73 Å². The summed E-state index contributed by atoms with van der Waals surface area (Å²) in [6.07, 6.45) is 0. The summed E-state index contributed by atoms with van der Waals surface area (Å²) in [5.74, 6) is 5.42. The molecule has 0 aliphatic rings. The van der Waals surface area contributed by atoms with Gasteiger partial charge in [-0.15, -0.1) is 0 Å². The van der Waals surface area contributed by atoms with E-state index in [1.54, 1.807) is 0 Å². The number of nitrogens with one attached hydrogen (secondary N) is 1. The van der Waals surface area contributed by atoms with Gasteiger partial charge in [-0.1, -0.05) is 0 Å². The van der Waals surface area contributed by atoms with Crippen LogP contribution in [0, 0.1) is 0 Å². The van der Waals surface area contributed by atoms with Crippen molar-refractivity contribution in [3.63, 3.8) is 0 Å². The number of imidazole rings is 1. The number of nitrogens with two attached hydrogens (primary N) is 2. The predicted octanol–water partition coefficient (Wildman–Crippen LogP) is -1.83. The first-order valence-corrected chi connectivity index (χ1v) is 4.30. The average molecular weight is 231 g/mol.